The number of rotatable bonds is 3. The van der Waals surface area contributed by atoms with E-state index in [2.05, 4.69) is 27.7 Å². The maximum Gasteiger partial charge on any atom is 0.160 e. The third-order valence-corrected chi connectivity index (χ3v) is 11.0. The number of fused-ring (bicyclic) bond motifs is 5. The molecule has 5 rings (SSSR count). The first kappa shape index (κ1) is 20.5. The summed E-state index contributed by atoms with van der Waals surface area (Å²) in [5, 5.41) is 0. The molecule has 1 heterocycles. The van der Waals surface area contributed by atoms with Gasteiger partial charge in [0.1, 0.15) is 5.78 Å². The van der Waals surface area contributed by atoms with E-state index >= 15 is 0 Å². The molecule has 5 aliphatic rings. The smallest absolute Gasteiger partial charge is 0.160 e. The van der Waals surface area contributed by atoms with E-state index in [1.54, 1.807) is 0 Å². The van der Waals surface area contributed by atoms with Crippen LogP contribution in [0.15, 0.2) is 0 Å². The molecule has 9 atom stereocenters. The summed E-state index contributed by atoms with van der Waals surface area (Å²) in [6, 6.07) is 0. The molecule has 4 unspecified atom stereocenters. The van der Waals surface area contributed by atoms with E-state index in [1.165, 1.54) is 38.5 Å². The molecule has 0 radical (unpaired) electrons. The number of hydrogen-bond acceptors (Lipinski definition) is 3. The van der Waals surface area contributed by atoms with Crippen molar-refractivity contribution in [2.75, 3.05) is 13.2 Å². The van der Waals surface area contributed by atoms with Crippen molar-refractivity contribution in [3.05, 3.63) is 0 Å². The SMILES string of the molecule is CC[C@H]1CC2C(CC[C@@]3(C)C2CC[C@@H]3[C@H](C)C2OCCO2)[C@@]2(C)CCC(=O)CC12. The number of carbonyl (C=O) groups is 1. The predicted molar refractivity (Wildman–Crippen MR) is 114 cm³/mol. The molecule has 0 N–H and O–H groups in total. The zero-order chi connectivity index (χ0) is 20.4. The van der Waals surface area contributed by atoms with Gasteiger partial charge in [0.15, 0.2) is 6.29 Å². The number of carbonyl (C=O) groups excluding carboxylic acids is 1. The normalized spacial score (nSPS) is 51.4. The molecule has 1 aliphatic heterocycles. The highest BCUT2D eigenvalue weighted by molar-refractivity contribution is 5.79. The van der Waals surface area contributed by atoms with Gasteiger partial charge in [-0.2, -0.15) is 0 Å². The van der Waals surface area contributed by atoms with Crippen LogP contribution in [0.5, 0.6) is 0 Å². The third kappa shape index (κ3) is 3.00. The molecule has 164 valence electrons. The summed E-state index contributed by atoms with van der Waals surface area (Å²) in [5.41, 5.74) is 0.849. The van der Waals surface area contributed by atoms with Crippen LogP contribution in [0.1, 0.15) is 85.5 Å². The Morgan fingerprint density at radius 2 is 1.72 bits per heavy atom. The van der Waals surface area contributed by atoms with Crippen LogP contribution >= 0.6 is 0 Å². The first-order chi connectivity index (χ1) is 13.9. The van der Waals surface area contributed by atoms with Crippen molar-refractivity contribution in [1.29, 1.82) is 0 Å². The van der Waals surface area contributed by atoms with E-state index in [9.17, 15) is 4.79 Å². The molecule has 4 aliphatic carbocycles. The first-order valence-corrected chi connectivity index (χ1v) is 12.6. The van der Waals surface area contributed by atoms with E-state index < -0.39 is 0 Å². The lowest BCUT2D eigenvalue weighted by atomic mass is 9.42. The molecule has 0 spiro atoms. The largest absolute Gasteiger partial charge is 0.350 e. The lowest BCUT2D eigenvalue weighted by molar-refractivity contribution is -0.159. The Balaban J connectivity index is 1.42. The molecular formula is C26H42O3. The van der Waals surface area contributed by atoms with Crippen molar-refractivity contribution < 1.29 is 14.3 Å². The van der Waals surface area contributed by atoms with Crippen LogP contribution in [0.4, 0.5) is 0 Å². The molecule has 0 aromatic heterocycles. The van der Waals surface area contributed by atoms with Gasteiger partial charge in [0.25, 0.3) is 0 Å². The van der Waals surface area contributed by atoms with E-state index in [1.807, 2.05) is 0 Å². The highest BCUT2D eigenvalue weighted by Crippen LogP contribution is 2.69. The lowest BCUT2D eigenvalue weighted by Gasteiger charge is -2.62. The van der Waals surface area contributed by atoms with Gasteiger partial charge in [0.05, 0.1) is 13.2 Å². The van der Waals surface area contributed by atoms with E-state index in [0.29, 0.717) is 28.4 Å². The summed E-state index contributed by atoms with van der Waals surface area (Å²) in [6.07, 6.45) is 11.0. The monoisotopic (exact) mass is 402 g/mol. The van der Waals surface area contributed by atoms with Crippen molar-refractivity contribution in [2.24, 2.45) is 52.3 Å². The second-order valence-electron chi connectivity index (χ2n) is 11.8. The third-order valence-electron chi connectivity index (χ3n) is 11.0. The van der Waals surface area contributed by atoms with Gasteiger partial charge in [-0.3, -0.25) is 4.79 Å². The van der Waals surface area contributed by atoms with Crippen LogP contribution in [0.25, 0.3) is 0 Å². The molecule has 29 heavy (non-hydrogen) atoms. The van der Waals surface area contributed by atoms with Crippen LogP contribution in [0.3, 0.4) is 0 Å². The summed E-state index contributed by atoms with van der Waals surface area (Å²) in [4.78, 5) is 12.3. The van der Waals surface area contributed by atoms with Gasteiger partial charge in [0.2, 0.25) is 0 Å². The van der Waals surface area contributed by atoms with Gasteiger partial charge in [-0.1, -0.05) is 34.1 Å². The second kappa shape index (κ2) is 7.33. The minimum absolute atomic E-state index is 0.0225. The van der Waals surface area contributed by atoms with Gasteiger partial charge in [-0.25, -0.2) is 0 Å². The van der Waals surface area contributed by atoms with E-state index in [0.717, 1.165) is 62.1 Å². The lowest BCUT2D eigenvalue weighted by Crippen LogP contribution is -2.56. The van der Waals surface area contributed by atoms with Crippen molar-refractivity contribution >= 4 is 5.78 Å². The molecule has 0 aromatic rings. The Morgan fingerprint density at radius 3 is 2.45 bits per heavy atom. The number of hydrogen-bond donors (Lipinski definition) is 0. The maximum atomic E-state index is 12.3. The topological polar surface area (TPSA) is 35.5 Å². The Kier molecular flexibility index (Phi) is 5.18. The minimum Gasteiger partial charge on any atom is -0.350 e. The summed E-state index contributed by atoms with van der Waals surface area (Å²) >= 11 is 0. The highest BCUT2D eigenvalue weighted by Gasteiger charge is 2.62. The molecular weight excluding hydrogens is 360 g/mol. The number of ketones is 1. The molecule has 0 aromatic carbocycles. The fourth-order valence-corrected chi connectivity index (χ4v) is 9.51. The van der Waals surface area contributed by atoms with Crippen molar-refractivity contribution in [2.45, 2.75) is 91.8 Å². The Morgan fingerprint density at radius 1 is 1.00 bits per heavy atom. The number of ether oxygens (including phenoxy) is 2. The predicted octanol–water partition coefficient (Wildman–Crippen LogP) is 5.86. The Labute approximate surface area is 177 Å². The fourth-order valence-electron chi connectivity index (χ4n) is 9.51. The average Bonchev–Trinajstić information content (AvgIpc) is 3.35. The highest BCUT2D eigenvalue weighted by atomic mass is 16.7. The Bertz CT molecular complexity index is 640. The van der Waals surface area contributed by atoms with Gasteiger partial charge in [0, 0.05) is 18.8 Å². The van der Waals surface area contributed by atoms with Crippen molar-refractivity contribution in [1.82, 2.24) is 0 Å². The van der Waals surface area contributed by atoms with Crippen LogP contribution in [0.2, 0.25) is 0 Å². The number of Topliss-reactive ketones (excluding diaryl/α,β-unsaturated/α-hetero) is 1. The summed E-state index contributed by atoms with van der Waals surface area (Å²) in [6.45, 7) is 11.5. The minimum atomic E-state index is 0.0225. The standard InChI is InChI=1S/C26H42O3/c1-5-17-14-19-21-7-6-20(16(2)24-28-12-13-29-24)25(21,3)11-9-22(19)26(4)10-8-18(27)15-23(17)26/h16-17,19-24H,5-15H2,1-4H3/t16-,17-,19?,20+,21?,22?,23?,25+,26+/m0/s1. The van der Waals surface area contributed by atoms with Gasteiger partial charge in [-0.15, -0.1) is 0 Å². The van der Waals surface area contributed by atoms with Crippen LogP contribution in [0, 0.1) is 52.3 Å². The molecule has 3 nitrogen and oxygen atoms in total. The molecule has 0 bridgehead atoms. The van der Waals surface area contributed by atoms with E-state index in [4.69, 9.17) is 9.47 Å². The zero-order valence-corrected chi connectivity index (χ0v) is 19.1. The average molecular weight is 403 g/mol. The van der Waals surface area contributed by atoms with Crippen molar-refractivity contribution in [3.63, 3.8) is 0 Å². The zero-order valence-electron chi connectivity index (χ0n) is 19.1. The molecule has 3 heteroatoms. The van der Waals surface area contributed by atoms with Crippen LogP contribution < -0.4 is 0 Å². The fraction of sp³-hybridized carbons (Fsp3) is 0.962. The molecule has 0 amide bonds. The quantitative estimate of drug-likeness (QED) is 0.593. The van der Waals surface area contributed by atoms with Gasteiger partial charge >= 0.3 is 0 Å². The van der Waals surface area contributed by atoms with Crippen molar-refractivity contribution in [3.8, 4) is 0 Å². The first-order valence-electron chi connectivity index (χ1n) is 12.6. The van der Waals surface area contributed by atoms with Gasteiger partial charge < -0.3 is 9.47 Å². The van der Waals surface area contributed by atoms with Crippen LogP contribution in [-0.4, -0.2) is 25.3 Å². The van der Waals surface area contributed by atoms with Crippen LogP contribution in [-0.2, 0) is 14.3 Å². The maximum absolute atomic E-state index is 12.3. The second-order valence-corrected chi connectivity index (χ2v) is 11.8. The Hall–Kier alpha value is -0.410. The van der Waals surface area contributed by atoms with E-state index in [-0.39, 0.29) is 6.29 Å². The summed E-state index contributed by atoms with van der Waals surface area (Å²) < 4.78 is 11.9. The summed E-state index contributed by atoms with van der Waals surface area (Å²) in [5.74, 6) is 5.75. The van der Waals surface area contributed by atoms with Gasteiger partial charge in [-0.05, 0) is 84.9 Å². The molecule has 4 saturated carbocycles. The molecule has 5 fully saturated rings. The summed E-state index contributed by atoms with van der Waals surface area (Å²) in [7, 11) is 0. The molecule has 1 saturated heterocycles.